The molecule has 6 nitrogen and oxygen atoms in total. The molecule has 0 amide bonds. The third kappa shape index (κ3) is 8.20. The van der Waals surface area contributed by atoms with Crippen molar-refractivity contribution in [2.24, 2.45) is 10.7 Å². The molecule has 34 heavy (non-hydrogen) atoms. The Bertz CT molecular complexity index is 1010. The van der Waals surface area contributed by atoms with E-state index in [2.05, 4.69) is 4.99 Å². The van der Waals surface area contributed by atoms with Gasteiger partial charge in [-0.05, 0) is 70.4 Å². The molecule has 0 atom stereocenters. The maximum Gasteiger partial charge on any atom is 0.416 e. The fraction of sp³-hybridized carbons (Fsp3) is 0.400. The van der Waals surface area contributed by atoms with E-state index >= 15 is 0 Å². The van der Waals surface area contributed by atoms with Crippen LogP contribution in [-0.4, -0.2) is 29.3 Å². The van der Waals surface area contributed by atoms with Gasteiger partial charge in [0.15, 0.2) is 11.4 Å². The van der Waals surface area contributed by atoms with Crippen LogP contribution in [0.25, 0.3) is 0 Å². The number of aryl methyl sites for hydroxylation is 1. The SMILES string of the molecule is CC(C)OC(=O)C(C)(C)Oc1ccc(CCCC(N)=NC(=N)c2ccc(C(F)(F)F)cc2)cc1. The highest BCUT2D eigenvalue weighted by Crippen LogP contribution is 2.29. The second-order valence-corrected chi connectivity index (χ2v) is 8.59. The molecule has 0 unspecified atom stereocenters. The number of carbonyl (C=O) groups excluding carboxylic acids is 1. The van der Waals surface area contributed by atoms with E-state index < -0.39 is 23.3 Å². The van der Waals surface area contributed by atoms with Gasteiger partial charge in [0, 0.05) is 12.0 Å². The van der Waals surface area contributed by atoms with Crippen molar-refractivity contribution in [2.75, 3.05) is 0 Å². The van der Waals surface area contributed by atoms with Crippen molar-refractivity contribution in [1.29, 1.82) is 5.41 Å². The number of hydrogen-bond acceptors (Lipinski definition) is 4. The Labute approximate surface area is 197 Å². The van der Waals surface area contributed by atoms with Crippen LogP contribution >= 0.6 is 0 Å². The van der Waals surface area contributed by atoms with Crippen molar-refractivity contribution in [1.82, 2.24) is 0 Å². The second kappa shape index (κ2) is 11.2. The minimum atomic E-state index is -4.43. The Kier molecular flexibility index (Phi) is 8.84. The van der Waals surface area contributed by atoms with E-state index in [0.29, 0.717) is 25.0 Å². The Morgan fingerprint density at radius 2 is 1.65 bits per heavy atom. The molecule has 2 aromatic carbocycles. The van der Waals surface area contributed by atoms with Gasteiger partial charge in [-0.2, -0.15) is 13.2 Å². The van der Waals surface area contributed by atoms with Crippen LogP contribution in [0.5, 0.6) is 5.75 Å². The number of rotatable bonds is 9. The van der Waals surface area contributed by atoms with Crippen molar-refractivity contribution < 1.29 is 27.4 Å². The molecular formula is C25H30F3N3O3. The van der Waals surface area contributed by atoms with E-state index in [-0.39, 0.29) is 23.3 Å². The van der Waals surface area contributed by atoms with Gasteiger partial charge in [-0.25, -0.2) is 9.79 Å². The van der Waals surface area contributed by atoms with Gasteiger partial charge < -0.3 is 15.2 Å². The van der Waals surface area contributed by atoms with Crippen molar-refractivity contribution in [3.05, 3.63) is 65.2 Å². The third-order valence-corrected chi connectivity index (χ3v) is 4.77. The third-order valence-electron chi connectivity index (χ3n) is 4.77. The zero-order chi connectivity index (χ0) is 25.5. The van der Waals surface area contributed by atoms with Crippen LogP contribution in [0.4, 0.5) is 13.2 Å². The molecule has 0 saturated heterocycles. The zero-order valence-electron chi connectivity index (χ0n) is 19.7. The number of nitrogens with one attached hydrogen (secondary N) is 1. The Balaban J connectivity index is 1.86. The number of nitrogens with two attached hydrogens (primary N) is 1. The van der Waals surface area contributed by atoms with Gasteiger partial charge in [-0.1, -0.05) is 24.3 Å². The van der Waals surface area contributed by atoms with Crippen molar-refractivity contribution in [3.8, 4) is 5.75 Å². The summed E-state index contributed by atoms with van der Waals surface area (Å²) in [6.07, 6.45) is -2.86. The second-order valence-electron chi connectivity index (χ2n) is 8.59. The van der Waals surface area contributed by atoms with Crippen LogP contribution in [0.1, 0.15) is 57.2 Å². The first kappa shape index (κ1) is 26.9. The quantitative estimate of drug-likeness (QED) is 0.282. The molecule has 0 aliphatic rings. The molecule has 0 aromatic heterocycles. The fourth-order valence-electron chi connectivity index (χ4n) is 2.97. The molecule has 0 bridgehead atoms. The summed E-state index contributed by atoms with van der Waals surface area (Å²) in [5, 5.41) is 7.95. The van der Waals surface area contributed by atoms with Crippen LogP contribution in [0.2, 0.25) is 0 Å². The summed E-state index contributed by atoms with van der Waals surface area (Å²) < 4.78 is 48.9. The zero-order valence-corrected chi connectivity index (χ0v) is 19.7. The first-order valence-corrected chi connectivity index (χ1v) is 10.9. The monoisotopic (exact) mass is 477 g/mol. The van der Waals surface area contributed by atoms with Gasteiger partial charge in [0.1, 0.15) is 11.6 Å². The molecule has 3 N–H and O–H groups in total. The molecule has 0 heterocycles. The molecule has 9 heteroatoms. The average molecular weight is 478 g/mol. The number of esters is 1. The highest BCUT2D eigenvalue weighted by atomic mass is 19.4. The first-order valence-electron chi connectivity index (χ1n) is 10.9. The summed E-state index contributed by atoms with van der Waals surface area (Å²) in [5.74, 6) is 0.144. The summed E-state index contributed by atoms with van der Waals surface area (Å²) >= 11 is 0. The van der Waals surface area contributed by atoms with Crippen LogP contribution in [-0.2, 0) is 22.1 Å². The number of amidine groups is 2. The van der Waals surface area contributed by atoms with Gasteiger partial charge in [-0.3, -0.25) is 5.41 Å². The average Bonchev–Trinajstić information content (AvgIpc) is 2.73. The smallest absolute Gasteiger partial charge is 0.416 e. The molecule has 0 aliphatic heterocycles. The minimum absolute atomic E-state index is 0.189. The lowest BCUT2D eigenvalue weighted by molar-refractivity contribution is -0.163. The van der Waals surface area contributed by atoms with E-state index in [1.54, 1.807) is 39.8 Å². The lowest BCUT2D eigenvalue weighted by Gasteiger charge is -2.25. The van der Waals surface area contributed by atoms with Crippen LogP contribution in [0, 0.1) is 5.41 Å². The fourth-order valence-corrected chi connectivity index (χ4v) is 2.97. The molecule has 0 aliphatic carbocycles. The van der Waals surface area contributed by atoms with E-state index in [9.17, 15) is 18.0 Å². The summed E-state index contributed by atoms with van der Waals surface area (Å²) in [7, 11) is 0. The number of aliphatic imine (C=N–C) groups is 1. The van der Waals surface area contributed by atoms with Crippen LogP contribution in [0.3, 0.4) is 0 Å². The Hall–Kier alpha value is -3.36. The number of nitrogens with zero attached hydrogens (tertiary/aromatic N) is 1. The maximum absolute atomic E-state index is 12.7. The van der Waals surface area contributed by atoms with Crippen molar-refractivity contribution >= 4 is 17.6 Å². The summed E-state index contributed by atoms with van der Waals surface area (Å²) in [6.45, 7) is 6.85. The predicted octanol–water partition coefficient (Wildman–Crippen LogP) is 5.52. The van der Waals surface area contributed by atoms with Crippen molar-refractivity contribution in [3.63, 3.8) is 0 Å². The Morgan fingerprint density at radius 3 is 2.18 bits per heavy atom. The molecule has 0 fully saturated rings. The lowest BCUT2D eigenvalue weighted by atomic mass is 10.1. The van der Waals surface area contributed by atoms with E-state index in [1.807, 2.05) is 12.1 Å². The number of hydrogen-bond donors (Lipinski definition) is 2. The van der Waals surface area contributed by atoms with Gasteiger partial charge in [0.25, 0.3) is 0 Å². The first-order chi connectivity index (χ1) is 15.8. The predicted molar refractivity (Wildman–Crippen MR) is 125 cm³/mol. The van der Waals surface area contributed by atoms with Gasteiger partial charge in [-0.15, -0.1) is 0 Å². The minimum Gasteiger partial charge on any atom is -0.476 e. The topological polar surface area (TPSA) is 97.8 Å². The molecule has 0 saturated carbocycles. The molecule has 184 valence electrons. The number of alkyl halides is 3. The lowest BCUT2D eigenvalue weighted by Crippen LogP contribution is -2.40. The van der Waals surface area contributed by atoms with E-state index in [1.165, 1.54) is 12.1 Å². The van der Waals surface area contributed by atoms with Crippen LogP contribution < -0.4 is 10.5 Å². The molecule has 0 radical (unpaired) electrons. The number of carbonyl (C=O) groups is 1. The van der Waals surface area contributed by atoms with Crippen molar-refractivity contribution in [2.45, 2.75) is 64.8 Å². The number of halogens is 3. The maximum atomic E-state index is 12.7. The molecule has 2 rings (SSSR count). The largest absolute Gasteiger partial charge is 0.476 e. The van der Waals surface area contributed by atoms with E-state index in [4.69, 9.17) is 20.6 Å². The van der Waals surface area contributed by atoms with Gasteiger partial charge in [0.05, 0.1) is 11.7 Å². The van der Waals surface area contributed by atoms with Gasteiger partial charge >= 0.3 is 12.1 Å². The summed E-state index contributed by atoms with van der Waals surface area (Å²) in [5.41, 5.74) is 5.28. The number of benzene rings is 2. The Morgan fingerprint density at radius 1 is 1.06 bits per heavy atom. The standard InChI is InChI=1S/C25H30F3N3O3/c1-16(2)33-23(32)24(3,4)34-20-14-8-17(9-15-20)6-5-7-21(29)31-22(30)18-10-12-19(13-11-18)25(26,27)28/h8-16H,5-7H2,1-4H3,(H3,29,30,31). The molecule has 2 aromatic rings. The highest BCUT2D eigenvalue weighted by Gasteiger charge is 2.32. The molecular weight excluding hydrogens is 447 g/mol. The normalized spacial score (nSPS) is 12.5. The van der Waals surface area contributed by atoms with E-state index in [0.717, 1.165) is 17.7 Å². The summed E-state index contributed by atoms with van der Waals surface area (Å²) in [4.78, 5) is 16.1. The van der Waals surface area contributed by atoms with Gasteiger partial charge in [0.2, 0.25) is 0 Å². The van der Waals surface area contributed by atoms with Crippen LogP contribution in [0.15, 0.2) is 53.5 Å². The molecule has 0 spiro atoms. The summed E-state index contributed by atoms with van der Waals surface area (Å²) in [6, 6.07) is 11.6. The number of ether oxygens (including phenoxy) is 2. The highest BCUT2D eigenvalue weighted by molar-refractivity contribution is 6.04.